The third-order valence-electron chi connectivity index (χ3n) is 3.97. The molecular formula is C21H21N3O4S. The Kier molecular flexibility index (Phi) is 7.18. The third kappa shape index (κ3) is 6.05. The highest BCUT2D eigenvalue weighted by molar-refractivity contribution is 7.12. The first-order valence-corrected chi connectivity index (χ1v) is 9.85. The van der Waals surface area contributed by atoms with Crippen LogP contribution in [0.1, 0.15) is 21.7 Å². The Labute approximate surface area is 172 Å². The summed E-state index contributed by atoms with van der Waals surface area (Å²) in [6, 6.07) is 12.5. The zero-order valence-electron chi connectivity index (χ0n) is 15.9. The number of benzene rings is 1. The van der Waals surface area contributed by atoms with Crippen LogP contribution in [0, 0.1) is 0 Å². The van der Waals surface area contributed by atoms with Gasteiger partial charge in [-0.25, -0.2) is 0 Å². The Balaban J connectivity index is 1.53. The van der Waals surface area contributed by atoms with E-state index in [0.717, 1.165) is 5.56 Å². The summed E-state index contributed by atoms with van der Waals surface area (Å²) < 4.78 is 11.2. The van der Waals surface area contributed by atoms with Crippen molar-refractivity contribution in [3.05, 3.63) is 70.7 Å². The molecule has 2 amide bonds. The molecule has 0 radical (unpaired) electrons. The number of rotatable bonds is 9. The molecular weight excluding hydrogens is 390 g/mol. The number of thiophene rings is 1. The first-order valence-electron chi connectivity index (χ1n) is 8.97. The standard InChI is InChI=1S/C21H21N3O4S/c1-27-17-5-4-16(13-18(17)28-14-15-6-9-22-10-7-15)24-20(25)8-11-23-21(26)19-3-2-12-29-19/h2-7,9-10,12-13H,8,11,14H2,1H3,(H,23,26)(H,24,25). The molecule has 3 aromatic rings. The van der Waals surface area contributed by atoms with E-state index in [2.05, 4.69) is 15.6 Å². The fourth-order valence-corrected chi connectivity index (χ4v) is 3.16. The summed E-state index contributed by atoms with van der Waals surface area (Å²) in [4.78, 5) is 28.7. The number of nitrogens with zero attached hydrogens (tertiary/aromatic N) is 1. The predicted molar refractivity (Wildman–Crippen MR) is 111 cm³/mol. The molecule has 0 unspecified atom stereocenters. The minimum absolute atomic E-state index is 0.163. The average Bonchev–Trinajstić information content (AvgIpc) is 3.28. The molecule has 2 aromatic heterocycles. The zero-order valence-corrected chi connectivity index (χ0v) is 16.7. The summed E-state index contributed by atoms with van der Waals surface area (Å²) in [6.45, 7) is 0.606. The summed E-state index contributed by atoms with van der Waals surface area (Å²) in [7, 11) is 1.56. The van der Waals surface area contributed by atoms with Gasteiger partial charge >= 0.3 is 0 Å². The number of methoxy groups -OCH3 is 1. The molecule has 0 aliphatic heterocycles. The zero-order chi connectivity index (χ0) is 20.5. The van der Waals surface area contributed by atoms with Crippen LogP contribution in [0.3, 0.4) is 0 Å². The highest BCUT2D eigenvalue weighted by Gasteiger charge is 2.10. The Hall–Kier alpha value is -3.39. The number of hydrogen-bond donors (Lipinski definition) is 2. The van der Waals surface area contributed by atoms with Gasteiger partial charge in [0.15, 0.2) is 11.5 Å². The van der Waals surface area contributed by atoms with Crippen LogP contribution < -0.4 is 20.1 Å². The van der Waals surface area contributed by atoms with Gasteiger partial charge in [0.25, 0.3) is 5.91 Å². The van der Waals surface area contributed by atoms with Crippen LogP contribution in [-0.4, -0.2) is 30.5 Å². The van der Waals surface area contributed by atoms with Gasteiger partial charge < -0.3 is 20.1 Å². The molecule has 8 heteroatoms. The second-order valence-electron chi connectivity index (χ2n) is 6.04. The van der Waals surface area contributed by atoms with E-state index in [-0.39, 0.29) is 24.8 Å². The van der Waals surface area contributed by atoms with Crippen molar-refractivity contribution >= 4 is 28.8 Å². The van der Waals surface area contributed by atoms with Gasteiger partial charge in [0.05, 0.1) is 12.0 Å². The van der Waals surface area contributed by atoms with Crippen molar-refractivity contribution in [2.45, 2.75) is 13.0 Å². The molecule has 0 saturated carbocycles. The van der Waals surface area contributed by atoms with Gasteiger partial charge in [-0.05, 0) is 41.3 Å². The first-order chi connectivity index (χ1) is 14.2. The normalized spacial score (nSPS) is 10.2. The van der Waals surface area contributed by atoms with Crippen LogP contribution >= 0.6 is 11.3 Å². The summed E-state index contributed by atoms with van der Waals surface area (Å²) in [5.41, 5.74) is 1.56. The van der Waals surface area contributed by atoms with E-state index in [0.29, 0.717) is 28.7 Å². The lowest BCUT2D eigenvalue weighted by Crippen LogP contribution is -2.27. The van der Waals surface area contributed by atoms with E-state index in [1.54, 1.807) is 43.8 Å². The SMILES string of the molecule is COc1ccc(NC(=O)CCNC(=O)c2cccs2)cc1OCc1ccncc1. The molecule has 0 aliphatic rings. The minimum Gasteiger partial charge on any atom is -0.493 e. The monoisotopic (exact) mass is 411 g/mol. The van der Waals surface area contributed by atoms with Crippen molar-refractivity contribution in [1.29, 1.82) is 0 Å². The summed E-state index contributed by atoms with van der Waals surface area (Å²) >= 11 is 1.36. The Bertz CT molecular complexity index is 946. The molecule has 0 atom stereocenters. The van der Waals surface area contributed by atoms with Gasteiger partial charge in [0.1, 0.15) is 6.61 Å². The van der Waals surface area contributed by atoms with E-state index in [1.807, 2.05) is 23.6 Å². The van der Waals surface area contributed by atoms with Gasteiger partial charge in [0, 0.05) is 37.1 Å². The molecule has 0 aliphatic carbocycles. The molecule has 29 heavy (non-hydrogen) atoms. The number of aromatic nitrogens is 1. The van der Waals surface area contributed by atoms with Gasteiger partial charge in [-0.15, -0.1) is 11.3 Å². The molecule has 0 fully saturated rings. The van der Waals surface area contributed by atoms with Gasteiger partial charge in [-0.1, -0.05) is 6.07 Å². The number of anilines is 1. The first kappa shape index (κ1) is 20.3. The van der Waals surface area contributed by atoms with Crippen molar-refractivity contribution in [2.75, 3.05) is 19.0 Å². The molecule has 2 N–H and O–H groups in total. The van der Waals surface area contributed by atoms with E-state index < -0.39 is 0 Å². The fourth-order valence-electron chi connectivity index (χ4n) is 2.52. The number of carbonyl (C=O) groups is 2. The Morgan fingerprint density at radius 2 is 1.93 bits per heavy atom. The number of carbonyl (C=O) groups excluding carboxylic acids is 2. The number of nitrogens with one attached hydrogen (secondary N) is 2. The van der Waals surface area contributed by atoms with E-state index >= 15 is 0 Å². The lowest BCUT2D eigenvalue weighted by atomic mass is 10.2. The molecule has 0 saturated heterocycles. The summed E-state index contributed by atoms with van der Waals surface area (Å²) in [5.74, 6) is 0.708. The molecule has 0 bridgehead atoms. The maximum Gasteiger partial charge on any atom is 0.261 e. The van der Waals surface area contributed by atoms with Crippen LogP contribution in [0.4, 0.5) is 5.69 Å². The lowest BCUT2D eigenvalue weighted by Gasteiger charge is -2.13. The quantitative estimate of drug-likeness (QED) is 0.563. The highest BCUT2D eigenvalue weighted by Crippen LogP contribution is 2.31. The summed E-state index contributed by atoms with van der Waals surface area (Å²) in [6.07, 6.45) is 3.56. The van der Waals surface area contributed by atoms with E-state index in [4.69, 9.17) is 9.47 Å². The largest absolute Gasteiger partial charge is 0.493 e. The van der Waals surface area contributed by atoms with Crippen molar-refractivity contribution < 1.29 is 19.1 Å². The Morgan fingerprint density at radius 1 is 1.10 bits per heavy atom. The number of ether oxygens (including phenoxy) is 2. The third-order valence-corrected chi connectivity index (χ3v) is 4.84. The molecule has 7 nitrogen and oxygen atoms in total. The highest BCUT2D eigenvalue weighted by atomic mass is 32.1. The van der Waals surface area contributed by atoms with E-state index in [9.17, 15) is 9.59 Å². The molecule has 3 rings (SSSR count). The Morgan fingerprint density at radius 3 is 2.66 bits per heavy atom. The van der Waals surface area contributed by atoms with Crippen molar-refractivity contribution in [1.82, 2.24) is 10.3 Å². The second-order valence-corrected chi connectivity index (χ2v) is 6.99. The van der Waals surface area contributed by atoms with Crippen molar-refractivity contribution in [3.63, 3.8) is 0 Å². The van der Waals surface area contributed by atoms with E-state index in [1.165, 1.54) is 11.3 Å². The number of hydrogen-bond acceptors (Lipinski definition) is 6. The predicted octanol–water partition coefficient (Wildman–Crippen LogP) is 3.49. The van der Waals surface area contributed by atoms with Crippen molar-refractivity contribution in [3.8, 4) is 11.5 Å². The molecule has 0 spiro atoms. The van der Waals surface area contributed by atoms with Gasteiger partial charge in [-0.2, -0.15) is 0 Å². The summed E-state index contributed by atoms with van der Waals surface area (Å²) in [5, 5.41) is 7.37. The molecule has 1 aromatic carbocycles. The maximum absolute atomic E-state index is 12.2. The maximum atomic E-state index is 12.2. The minimum atomic E-state index is -0.207. The van der Waals surface area contributed by atoms with Crippen molar-refractivity contribution in [2.24, 2.45) is 0 Å². The molecule has 2 heterocycles. The topological polar surface area (TPSA) is 89.6 Å². The smallest absolute Gasteiger partial charge is 0.261 e. The van der Waals surface area contributed by atoms with Crippen LogP contribution in [0.15, 0.2) is 60.2 Å². The lowest BCUT2D eigenvalue weighted by molar-refractivity contribution is -0.116. The van der Waals surface area contributed by atoms with Gasteiger partial charge in [0.2, 0.25) is 5.91 Å². The number of amides is 2. The van der Waals surface area contributed by atoms with Crippen LogP contribution in [-0.2, 0) is 11.4 Å². The van der Waals surface area contributed by atoms with Crippen LogP contribution in [0.5, 0.6) is 11.5 Å². The van der Waals surface area contributed by atoms with Gasteiger partial charge in [-0.3, -0.25) is 14.6 Å². The van der Waals surface area contributed by atoms with Crippen LogP contribution in [0.2, 0.25) is 0 Å². The number of pyridine rings is 1. The molecule has 150 valence electrons. The fraction of sp³-hybridized carbons (Fsp3) is 0.190. The van der Waals surface area contributed by atoms with Crippen LogP contribution in [0.25, 0.3) is 0 Å². The second kappa shape index (κ2) is 10.2. The average molecular weight is 411 g/mol.